The molecule has 1 N–H and O–H groups in total. The molecule has 1 aromatic carbocycles. The molecule has 2 aliphatic rings. The molecule has 0 unspecified atom stereocenters. The third kappa shape index (κ3) is 2.08. The molecule has 0 saturated carbocycles. The molecule has 1 saturated heterocycles. The van der Waals surface area contributed by atoms with Crippen molar-refractivity contribution in [3.63, 3.8) is 0 Å². The van der Waals surface area contributed by atoms with Crippen LogP contribution in [-0.2, 0) is 0 Å². The fraction of sp³-hybridized carbons (Fsp3) is 0.429. The summed E-state index contributed by atoms with van der Waals surface area (Å²) < 4.78 is 6.01. The van der Waals surface area contributed by atoms with Crippen LogP contribution >= 0.6 is 0 Å². The summed E-state index contributed by atoms with van der Waals surface area (Å²) >= 11 is 0. The molecule has 1 aromatic rings. The molecule has 0 amide bonds. The lowest BCUT2D eigenvalue weighted by atomic mass is 9.41. The Morgan fingerprint density at radius 3 is 2.79 bits per heavy atom. The van der Waals surface area contributed by atoms with Crippen LogP contribution in [0.1, 0.15) is 29.6 Å². The van der Waals surface area contributed by atoms with E-state index >= 15 is 0 Å². The van der Waals surface area contributed by atoms with Crippen molar-refractivity contribution in [2.24, 2.45) is 0 Å². The lowest BCUT2D eigenvalue weighted by Crippen LogP contribution is -2.46. The molecule has 2 aliphatic heterocycles. The number of hydrogen-bond donors (Lipinski definition) is 1. The maximum atomic E-state index is 12.2. The number of aromatic hydroxyl groups is 1. The van der Waals surface area contributed by atoms with Gasteiger partial charge in [-0.1, -0.05) is 12.6 Å². The molecule has 0 atom stereocenters. The highest BCUT2D eigenvalue weighted by Crippen LogP contribution is 2.42. The summed E-state index contributed by atoms with van der Waals surface area (Å²) in [5.74, 6) is 2.94. The predicted molar refractivity (Wildman–Crippen MR) is 70.6 cm³/mol. The van der Waals surface area contributed by atoms with Crippen LogP contribution in [0.15, 0.2) is 18.2 Å². The zero-order valence-electron chi connectivity index (χ0n) is 10.6. The SMILES string of the molecule is N#CB1CCC2(CC1)CC(=O)c1ccc(O)cc1O2. The van der Waals surface area contributed by atoms with Gasteiger partial charge in [0.1, 0.15) is 17.1 Å². The van der Waals surface area contributed by atoms with Gasteiger partial charge in [-0.2, -0.15) is 0 Å². The number of Topliss-reactive ketones (excluding diaryl/α,β-unsaturated/α-hetero) is 1. The van der Waals surface area contributed by atoms with Gasteiger partial charge in [-0.05, 0) is 25.0 Å². The molecule has 5 heteroatoms. The summed E-state index contributed by atoms with van der Waals surface area (Å²) in [5.41, 5.74) is 0.0800. The third-order valence-corrected chi connectivity index (χ3v) is 4.15. The summed E-state index contributed by atoms with van der Waals surface area (Å²) in [6, 6.07) is 4.62. The van der Waals surface area contributed by atoms with E-state index in [1.54, 1.807) is 6.07 Å². The van der Waals surface area contributed by atoms with E-state index < -0.39 is 5.60 Å². The molecule has 96 valence electrons. The van der Waals surface area contributed by atoms with Gasteiger partial charge in [-0.15, -0.1) is 0 Å². The van der Waals surface area contributed by atoms with Crippen molar-refractivity contribution in [3.8, 4) is 17.5 Å². The molecule has 1 fully saturated rings. The Labute approximate surface area is 112 Å². The van der Waals surface area contributed by atoms with E-state index in [1.165, 1.54) is 12.1 Å². The molecular weight excluding hydrogens is 241 g/mol. The monoisotopic (exact) mass is 255 g/mol. The van der Waals surface area contributed by atoms with Gasteiger partial charge in [0.15, 0.2) is 5.78 Å². The smallest absolute Gasteiger partial charge is 0.268 e. The molecule has 1 spiro atoms. The van der Waals surface area contributed by atoms with Crippen LogP contribution in [0, 0.1) is 11.2 Å². The van der Waals surface area contributed by atoms with Gasteiger partial charge in [0.25, 0.3) is 6.71 Å². The predicted octanol–water partition coefficient (Wildman–Crippen LogP) is 2.45. The van der Waals surface area contributed by atoms with E-state index in [0.29, 0.717) is 17.7 Å². The largest absolute Gasteiger partial charge is 0.508 e. The van der Waals surface area contributed by atoms with E-state index in [0.717, 1.165) is 25.5 Å². The summed E-state index contributed by atoms with van der Waals surface area (Å²) in [4.78, 5) is 12.2. The van der Waals surface area contributed by atoms with Crippen LogP contribution in [0.3, 0.4) is 0 Å². The second-order valence-corrected chi connectivity index (χ2v) is 5.47. The van der Waals surface area contributed by atoms with Gasteiger partial charge in [0.05, 0.1) is 12.0 Å². The Morgan fingerprint density at radius 1 is 1.37 bits per heavy atom. The first kappa shape index (κ1) is 12.1. The van der Waals surface area contributed by atoms with Gasteiger partial charge in [-0.3, -0.25) is 4.79 Å². The summed E-state index contributed by atoms with van der Waals surface area (Å²) in [7, 11) is 0. The average Bonchev–Trinajstić information content (AvgIpc) is 2.39. The zero-order valence-corrected chi connectivity index (χ0v) is 10.6. The Bertz CT molecular complexity index is 571. The lowest BCUT2D eigenvalue weighted by Gasteiger charge is -2.41. The first-order valence-electron chi connectivity index (χ1n) is 6.57. The number of fused-ring (bicyclic) bond motifs is 1. The number of rotatable bonds is 0. The van der Waals surface area contributed by atoms with Crippen molar-refractivity contribution >= 4 is 12.5 Å². The number of hydrogen-bond acceptors (Lipinski definition) is 4. The molecular formula is C14H14BNO3. The lowest BCUT2D eigenvalue weighted by molar-refractivity contribution is 0.0318. The van der Waals surface area contributed by atoms with Crippen LogP contribution in [0.5, 0.6) is 11.5 Å². The quantitative estimate of drug-likeness (QED) is 0.723. The Balaban J connectivity index is 1.89. The number of phenols is 1. The number of carbonyl (C=O) groups is 1. The van der Waals surface area contributed by atoms with E-state index in [-0.39, 0.29) is 18.2 Å². The molecule has 0 aromatic heterocycles. The molecule has 19 heavy (non-hydrogen) atoms. The minimum absolute atomic E-state index is 0.0663. The number of benzene rings is 1. The van der Waals surface area contributed by atoms with Gasteiger partial charge in [-0.25, -0.2) is 5.26 Å². The number of nitriles is 1. The van der Waals surface area contributed by atoms with Gasteiger partial charge < -0.3 is 9.84 Å². The van der Waals surface area contributed by atoms with E-state index in [4.69, 9.17) is 10.00 Å². The van der Waals surface area contributed by atoms with Crippen LogP contribution in [0.2, 0.25) is 12.6 Å². The fourth-order valence-corrected chi connectivity index (χ4v) is 3.03. The Kier molecular flexibility index (Phi) is 2.74. The number of phenolic OH excluding ortho intramolecular Hbond substituents is 1. The number of nitrogens with zero attached hydrogens (tertiary/aromatic N) is 1. The van der Waals surface area contributed by atoms with Gasteiger partial charge in [0, 0.05) is 12.0 Å². The third-order valence-electron chi connectivity index (χ3n) is 4.15. The van der Waals surface area contributed by atoms with Crippen molar-refractivity contribution in [2.45, 2.75) is 37.5 Å². The molecule has 3 rings (SSSR count). The van der Waals surface area contributed by atoms with Crippen molar-refractivity contribution in [1.29, 1.82) is 5.26 Å². The molecule has 4 nitrogen and oxygen atoms in total. The van der Waals surface area contributed by atoms with Gasteiger partial charge in [0.2, 0.25) is 0 Å². The van der Waals surface area contributed by atoms with Crippen LogP contribution in [0.25, 0.3) is 0 Å². The topological polar surface area (TPSA) is 70.3 Å². The summed E-state index contributed by atoms with van der Waals surface area (Å²) in [5, 5.41) is 18.4. The summed E-state index contributed by atoms with van der Waals surface area (Å²) in [6.07, 6.45) is 3.39. The molecule has 0 radical (unpaired) electrons. The van der Waals surface area contributed by atoms with Crippen LogP contribution in [-0.4, -0.2) is 23.2 Å². The maximum Gasteiger partial charge on any atom is 0.268 e. The second-order valence-electron chi connectivity index (χ2n) is 5.47. The highest BCUT2D eigenvalue weighted by molar-refractivity contribution is 6.67. The van der Waals surface area contributed by atoms with Crippen molar-refractivity contribution in [1.82, 2.24) is 0 Å². The second kappa shape index (κ2) is 4.31. The zero-order chi connectivity index (χ0) is 13.5. The summed E-state index contributed by atoms with van der Waals surface area (Å²) in [6.45, 7) is 0.0786. The Morgan fingerprint density at radius 2 is 2.11 bits per heavy atom. The number of ketones is 1. The van der Waals surface area contributed by atoms with Crippen LogP contribution < -0.4 is 4.74 Å². The van der Waals surface area contributed by atoms with E-state index in [9.17, 15) is 9.90 Å². The highest BCUT2D eigenvalue weighted by Gasteiger charge is 2.44. The van der Waals surface area contributed by atoms with Crippen LogP contribution in [0.4, 0.5) is 0 Å². The highest BCUT2D eigenvalue weighted by atomic mass is 16.5. The van der Waals surface area contributed by atoms with Crippen molar-refractivity contribution in [3.05, 3.63) is 23.8 Å². The molecule has 0 bridgehead atoms. The normalized spacial score (nSPS) is 20.6. The minimum Gasteiger partial charge on any atom is -0.508 e. The van der Waals surface area contributed by atoms with Crippen molar-refractivity contribution < 1.29 is 14.6 Å². The number of ether oxygens (including phenoxy) is 1. The van der Waals surface area contributed by atoms with Gasteiger partial charge >= 0.3 is 0 Å². The molecule has 2 heterocycles. The molecule has 0 aliphatic carbocycles. The van der Waals surface area contributed by atoms with Crippen molar-refractivity contribution in [2.75, 3.05) is 0 Å². The average molecular weight is 255 g/mol. The first-order chi connectivity index (χ1) is 9.12. The van der Waals surface area contributed by atoms with E-state index in [1.807, 2.05) is 0 Å². The number of carbonyl (C=O) groups excluding carboxylic acids is 1. The first-order valence-corrected chi connectivity index (χ1v) is 6.57. The van der Waals surface area contributed by atoms with E-state index in [2.05, 4.69) is 5.97 Å². The standard InChI is InChI=1S/C14H14BNO3/c16-9-15-5-3-14(4-6-15)8-12(18)11-2-1-10(17)7-13(11)19-14/h1-2,7,17H,3-6,8H2. The minimum atomic E-state index is -0.467. The fourth-order valence-electron chi connectivity index (χ4n) is 3.03. The maximum absolute atomic E-state index is 12.2. The Hall–Kier alpha value is -1.96.